The van der Waals surface area contributed by atoms with E-state index in [2.05, 4.69) is 6.58 Å². The number of hydrogen-bond acceptors (Lipinski definition) is 12. The maximum atomic E-state index is 13.4. The fraction of sp³-hybridized carbons (Fsp3) is 0.794. The molecule has 13 heteroatoms. The average Bonchev–Trinajstić information content (AvgIpc) is 3.69. The van der Waals surface area contributed by atoms with Gasteiger partial charge >= 0.3 is 29.8 Å². The highest BCUT2D eigenvalue weighted by atomic mass is 35.5. The van der Waals surface area contributed by atoms with Gasteiger partial charge in [0.05, 0.1) is 23.3 Å². The molecule has 4 fully saturated rings. The van der Waals surface area contributed by atoms with Crippen molar-refractivity contribution in [2.45, 2.75) is 135 Å². The third-order valence-electron chi connectivity index (χ3n) is 10.2. The molecule has 0 aromatic carbocycles. The highest BCUT2D eigenvalue weighted by Gasteiger charge is 2.78. The molecule has 2 aliphatic carbocycles. The lowest BCUT2D eigenvalue weighted by Crippen LogP contribution is -2.72. The zero-order valence-electron chi connectivity index (χ0n) is 28.5. The summed E-state index contributed by atoms with van der Waals surface area (Å²) in [6.45, 7) is 17.1. The molecule has 2 heterocycles. The summed E-state index contributed by atoms with van der Waals surface area (Å²) < 4.78 is 36.2. The van der Waals surface area contributed by atoms with Crippen molar-refractivity contribution in [3.8, 4) is 0 Å². The third kappa shape index (κ3) is 6.92. The normalized spacial score (nSPS) is 39.8. The van der Waals surface area contributed by atoms with Crippen molar-refractivity contribution >= 4 is 41.4 Å². The highest BCUT2D eigenvalue weighted by molar-refractivity contribution is 6.23. The molecule has 2 saturated carbocycles. The molecule has 9 unspecified atom stereocenters. The first-order chi connectivity index (χ1) is 21.8. The third-order valence-corrected chi connectivity index (χ3v) is 10.8. The summed E-state index contributed by atoms with van der Waals surface area (Å²) in [4.78, 5) is 65.5. The minimum absolute atomic E-state index is 0.00500. The van der Waals surface area contributed by atoms with Crippen molar-refractivity contribution in [2.24, 2.45) is 29.1 Å². The van der Waals surface area contributed by atoms with Gasteiger partial charge in [-0.15, -0.1) is 11.6 Å². The molecular weight excluding hydrogens is 636 g/mol. The molecular formula is C34H49ClO12. The number of aliphatic hydroxyl groups is 1. The van der Waals surface area contributed by atoms with Gasteiger partial charge in [-0.1, -0.05) is 46.8 Å². The zero-order chi connectivity index (χ0) is 35.2. The van der Waals surface area contributed by atoms with Crippen LogP contribution in [0.25, 0.3) is 0 Å². The van der Waals surface area contributed by atoms with Gasteiger partial charge in [-0.2, -0.15) is 0 Å². The van der Waals surface area contributed by atoms with Gasteiger partial charge in [-0.25, -0.2) is 0 Å². The standard InChI is InChI=1S/C34H49ClO12/c1-16(2)12-25(38)45-23-14-24(46-26(39)13-17(3)4)33(15-42-33)28-30(44-21(8)37)34(41)19(6)31(40)47-29(34)27(35)18(5)10-11-22(32(23,28)9)43-20(7)36/h16-17,19,22-24,27-30,41H,5,10-15H2,1-4,6-9H3/t19?,22-,23?,24?,27?,28?,29?,30?,32-,33?,34?/m0/s1. The van der Waals surface area contributed by atoms with Crippen molar-refractivity contribution in [1.82, 2.24) is 0 Å². The van der Waals surface area contributed by atoms with Gasteiger partial charge in [0, 0.05) is 39.0 Å². The maximum absolute atomic E-state index is 13.4. The lowest BCUT2D eigenvalue weighted by molar-refractivity contribution is -0.260. The molecule has 4 rings (SSSR count). The summed E-state index contributed by atoms with van der Waals surface area (Å²) in [5, 5.41) is 11.7. The Balaban J connectivity index is 2.03. The topological polar surface area (TPSA) is 164 Å². The molecule has 1 spiro atoms. The number of esters is 5. The van der Waals surface area contributed by atoms with E-state index in [4.69, 9.17) is 40.0 Å². The van der Waals surface area contributed by atoms with Crippen LogP contribution in [0, 0.1) is 29.1 Å². The number of hydrogen-bond donors (Lipinski definition) is 1. The summed E-state index contributed by atoms with van der Waals surface area (Å²) in [6, 6.07) is 0. The van der Waals surface area contributed by atoms with Crippen molar-refractivity contribution in [3.63, 3.8) is 0 Å². The van der Waals surface area contributed by atoms with Gasteiger partial charge in [0.15, 0.2) is 11.7 Å². The molecule has 264 valence electrons. The highest BCUT2D eigenvalue weighted by Crippen LogP contribution is 2.63. The molecule has 11 atom stereocenters. The molecule has 1 N–H and O–H groups in total. The molecule has 2 saturated heterocycles. The Hall–Kier alpha value is -2.70. The van der Waals surface area contributed by atoms with Gasteiger partial charge in [-0.3, -0.25) is 24.0 Å². The molecule has 0 radical (unpaired) electrons. The van der Waals surface area contributed by atoms with Crippen LogP contribution in [0.1, 0.15) is 87.5 Å². The number of ether oxygens (including phenoxy) is 6. The fourth-order valence-corrected chi connectivity index (χ4v) is 8.21. The minimum atomic E-state index is -2.27. The van der Waals surface area contributed by atoms with E-state index in [-0.39, 0.29) is 50.5 Å². The molecule has 0 amide bonds. The van der Waals surface area contributed by atoms with Gasteiger partial charge in [-0.05, 0) is 31.6 Å². The predicted octanol–water partition coefficient (Wildman–Crippen LogP) is 3.81. The van der Waals surface area contributed by atoms with Crippen LogP contribution < -0.4 is 0 Å². The van der Waals surface area contributed by atoms with Gasteiger partial charge in [0.2, 0.25) is 0 Å². The van der Waals surface area contributed by atoms with Crippen LogP contribution in [-0.4, -0.2) is 88.7 Å². The Morgan fingerprint density at radius 2 is 1.49 bits per heavy atom. The number of carbonyl (C=O) groups excluding carboxylic acids is 5. The molecule has 4 aliphatic rings. The number of fused-ring (bicyclic) bond motifs is 3. The first-order valence-corrected chi connectivity index (χ1v) is 16.8. The van der Waals surface area contributed by atoms with Crippen LogP contribution in [0.15, 0.2) is 12.2 Å². The SMILES string of the molecule is C=C1CC[C@H](OC(C)=O)[C@@]2(C)C(OC(=O)CC(C)C)CC(OC(=O)CC(C)C)C3(CO3)C2C(OC(C)=O)C2(O)C(C)C(=O)OC2C1Cl. The van der Waals surface area contributed by atoms with Crippen molar-refractivity contribution in [1.29, 1.82) is 0 Å². The summed E-state index contributed by atoms with van der Waals surface area (Å²) in [5.41, 5.74) is -4.72. The fourth-order valence-electron chi connectivity index (χ4n) is 7.85. The van der Waals surface area contributed by atoms with E-state index in [9.17, 15) is 29.1 Å². The predicted molar refractivity (Wildman–Crippen MR) is 167 cm³/mol. The first-order valence-electron chi connectivity index (χ1n) is 16.4. The van der Waals surface area contributed by atoms with Crippen LogP contribution in [-0.2, 0) is 52.4 Å². The van der Waals surface area contributed by atoms with Crippen molar-refractivity contribution in [2.75, 3.05) is 6.61 Å². The molecule has 2 aliphatic heterocycles. The lowest BCUT2D eigenvalue weighted by Gasteiger charge is -2.58. The van der Waals surface area contributed by atoms with E-state index >= 15 is 0 Å². The van der Waals surface area contributed by atoms with Crippen LogP contribution in [0.5, 0.6) is 0 Å². The van der Waals surface area contributed by atoms with E-state index < -0.39 is 94.2 Å². The van der Waals surface area contributed by atoms with E-state index in [1.807, 2.05) is 27.7 Å². The molecule has 12 nitrogen and oxygen atoms in total. The minimum Gasteiger partial charge on any atom is -0.462 e. The van der Waals surface area contributed by atoms with E-state index in [0.29, 0.717) is 5.57 Å². The van der Waals surface area contributed by atoms with E-state index in [0.717, 1.165) is 6.92 Å². The van der Waals surface area contributed by atoms with Crippen molar-refractivity contribution < 1.29 is 57.5 Å². The van der Waals surface area contributed by atoms with E-state index in [1.165, 1.54) is 13.8 Å². The van der Waals surface area contributed by atoms with Crippen molar-refractivity contribution in [3.05, 3.63) is 12.2 Å². The monoisotopic (exact) mass is 684 g/mol. The summed E-state index contributed by atoms with van der Waals surface area (Å²) in [7, 11) is 0. The maximum Gasteiger partial charge on any atom is 0.312 e. The number of epoxide rings is 1. The van der Waals surface area contributed by atoms with Gasteiger partial charge < -0.3 is 33.5 Å². The number of halogens is 1. The smallest absolute Gasteiger partial charge is 0.312 e. The Labute approximate surface area is 281 Å². The molecule has 0 aromatic heterocycles. The largest absolute Gasteiger partial charge is 0.462 e. The zero-order valence-corrected chi connectivity index (χ0v) is 29.3. The molecule has 47 heavy (non-hydrogen) atoms. The Morgan fingerprint density at radius 1 is 0.957 bits per heavy atom. The number of carbonyl (C=O) groups is 5. The molecule has 0 bridgehead atoms. The quantitative estimate of drug-likeness (QED) is 0.129. The second-order valence-corrected chi connectivity index (χ2v) is 15.1. The Morgan fingerprint density at radius 3 is 1.98 bits per heavy atom. The Bertz CT molecular complexity index is 1280. The van der Waals surface area contributed by atoms with E-state index in [1.54, 1.807) is 6.92 Å². The second kappa shape index (κ2) is 13.7. The van der Waals surface area contributed by atoms with Crippen LogP contribution in [0.2, 0.25) is 0 Å². The molecule has 0 aromatic rings. The van der Waals surface area contributed by atoms with Crippen LogP contribution in [0.3, 0.4) is 0 Å². The second-order valence-electron chi connectivity index (χ2n) is 14.7. The Kier molecular flexibility index (Phi) is 10.8. The van der Waals surface area contributed by atoms with Crippen LogP contribution in [0.4, 0.5) is 0 Å². The summed E-state index contributed by atoms with van der Waals surface area (Å²) >= 11 is 6.88. The first kappa shape index (κ1) is 37.1. The van der Waals surface area contributed by atoms with Gasteiger partial charge in [0.25, 0.3) is 0 Å². The van der Waals surface area contributed by atoms with Crippen LogP contribution >= 0.6 is 11.6 Å². The number of alkyl halides is 1. The summed E-state index contributed by atoms with van der Waals surface area (Å²) in [5.74, 6) is -5.77. The average molecular weight is 685 g/mol. The number of rotatable bonds is 8. The summed E-state index contributed by atoms with van der Waals surface area (Å²) in [6.07, 6.45) is -5.71. The van der Waals surface area contributed by atoms with Gasteiger partial charge in [0.1, 0.15) is 30.0 Å². The lowest BCUT2D eigenvalue weighted by atomic mass is 9.51.